The van der Waals surface area contributed by atoms with E-state index in [-0.39, 0.29) is 17.5 Å². The fourth-order valence-electron chi connectivity index (χ4n) is 2.43. The summed E-state index contributed by atoms with van der Waals surface area (Å²) in [7, 11) is -0.246. The molecule has 0 N–H and O–H groups in total. The molecule has 25 heavy (non-hydrogen) atoms. The zero-order valence-electron chi connectivity index (χ0n) is 13.5. The predicted octanol–water partition coefficient (Wildman–Crippen LogP) is 4.46. The topological polar surface area (TPSA) is 50.1 Å². The van der Waals surface area contributed by atoms with Crippen molar-refractivity contribution < 1.29 is 9.53 Å². The number of rotatable bonds is 5. The summed E-state index contributed by atoms with van der Waals surface area (Å²) in [4.78, 5) is 15.4. The number of ether oxygens (including phenoxy) is 1. The summed E-state index contributed by atoms with van der Waals surface area (Å²) in [5, 5.41) is 8.50. The second-order valence-corrected chi connectivity index (χ2v) is 7.22. The molecule has 0 aliphatic carbocycles. The fourth-order valence-corrected chi connectivity index (χ4v) is 4.51. The van der Waals surface area contributed by atoms with Gasteiger partial charge in [-0.2, -0.15) is 5.26 Å². The number of nitrogens with zero attached hydrogens (tertiary/aromatic N) is 1. The Labute approximate surface area is 149 Å². The van der Waals surface area contributed by atoms with Crippen molar-refractivity contribution in [1.82, 2.24) is 0 Å². The summed E-state index contributed by atoms with van der Waals surface area (Å²) < 4.78 is 4.85. The Morgan fingerprint density at radius 1 is 0.800 bits per heavy atom. The summed E-state index contributed by atoms with van der Waals surface area (Å²) in [5.74, 6) is -0.479. The van der Waals surface area contributed by atoms with Crippen molar-refractivity contribution in [1.29, 1.82) is 5.26 Å². The van der Waals surface area contributed by atoms with Gasteiger partial charge in [0.05, 0.1) is 16.5 Å². The van der Waals surface area contributed by atoms with Gasteiger partial charge in [-0.3, -0.25) is 0 Å². The monoisotopic (exact) mass is 346 g/mol. The molecule has 0 heterocycles. The second kappa shape index (κ2) is 8.18. The van der Waals surface area contributed by atoms with E-state index in [1.165, 1.54) is 9.79 Å². The molecule has 0 bridgehead atoms. The van der Waals surface area contributed by atoms with Crippen LogP contribution in [0.5, 0.6) is 0 Å². The standard InChI is InChI=1S/C21H16NO2S/c22-15-16-24-21(23)17-11-13-20(14-12-17)25(18-7-3-1-4-8-18)19-9-5-2-6-10-19/h1-14H,16H2/q+1. The van der Waals surface area contributed by atoms with Crippen LogP contribution >= 0.6 is 0 Å². The van der Waals surface area contributed by atoms with Gasteiger partial charge in [-0.05, 0) is 48.5 Å². The number of esters is 1. The van der Waals surface area contributed by atoms with Crippen LogP contribution in [0.25, 0.3) is 0 Å². The zero-order chi connectivity index (χ0) is 17.5. The van der Waals surface area contributed by atoms with E-state index in [0.717, 1.165) is 4.90 Å². The molecule has 0 aliphatic heterocycles. The molecule has 3 aromatic carbocycles. The average molecular weight is 346 g/mol. The molecule has 0 spiro atoms. The second-order valence-electron chi connectivity index (χ2n) is 5.19. The summed E-state index contributed by atoms with van der Waals surface area (Å²) in [5.41, 5.74) is 0.448. The number of carbonyl (C=O) groups is 1. The number of benzene rings is 3. The number of hydrogen-bond donors (Lipinski definition) is 0. The van der Waals surface area contributed by atoms with Gasteiger partial charge in [0.15, 0.2) is 21.3 Å². The van der Waals surface area contributed by atoms with Gasteiger partial charge in [-0.25, -0.2) is 4.79 Å². The average Bonchev–Trinajstić information content (AvgIpc) is 2.68. The number of carbonyl (C=O) groups excluding carboxylic acids is 1. The SMILES string of the molecule is N#CCOC(=O)c1ccc([S+](c2ccccc2)c2ccccc2)cc1. The van der Waals surface area contributed by atoms with Crippen LogP contribution in [-0.4, -0.2) is 12.6 Å². The summed E-state index contributed by atoms with van der Waals surface area (Å²) >= 11 is 0. The third-order valence-electron chi connectivity index (χ3n) is 3.55. The van der Waals surface area contributed by atoms with E-state index in [9.17, 15) is 4.79 Å². The van der Waals surface area contributed by atoms with Crippen LogP contribution in [-0.2, 0) is 15.6 Å². The van der Waals surface area contributed by atoms with Gasteiger partial charge in [0.1, 0.15) is 6.07 Å². The van der Waals surface area contributed by atoms with Crippen LogP contribution in [0.3, 0.4) is 0 Å². The molecular weight excluding hydrogens is 330 g/mol. The molecule has 3 nitrogen and oxygen atoms in total. The molecule has 0 unspecified atom stereocenters. The molecule has 3 rings (SSSR count). The van der Waals surface area contributed by atoms with Crippen molar-refractivity contribution >= 4 is 16.9 Å². The molecule has 4 heteroatoms. The minimum absolute atomic E-state index is 0.237. The third kappa shape index (κ3) is 4.09. The lowest BCUT2D eigenvalue weighted by atomic mass is 10.2. The first-order valence-electron chi connectivity index (χ1n) is 7.78. The Bertz CT molecular complexity index is 832. The highest BCUT2D eigenvalue weighted by molar-refractivity contribution is 7.97. The van der Waals surface area contributed by atoms with Crippen LogP contribution in [0.15, 0.2) is 99.6 Å². The van der Waals surface area contributed by atoms with E-state index >= 15 is 0 Å². The van der Waals surface area contributed by atoms with Gasteiger partial charge in [-0.15, -0.1) is 0 Å². The van der Waals surface area contributed by atoms with Gasteiger partial charge in [0.25, 0.3) is 0 Å². The summed E-state index contributed by atoms with van der Waals surface area (Å²) in [6.45, 7) is -0.237. The maximum atomic E-state index is 11.9. The molecule has 3 aromatic rings. The maximum Gasteiger partial charge on any atom is 0.339 e. The van der Waals surface area contributed by atoms with E-state index < -0.39 is 5.97 Å². The van der Waals surface area contributed by atoms with E-state index in [2.05, 4.69) is 24.3 Å². The summed E-state index contributed by atoms with van der Waals surface area (Å²) in [6, 6.07) is 29.8. The normalized spacial score (nSPS) is 10.2. The van der Waals surface area contributed by atoms with E-state index in [0.29, 0.717) is 5.56 Å². The van der Waals surface area contributed by atoms with Crippen molar-refractivity contribution in [3.05, 3.63) is 90.5 Å². The van der Waals surface area contributed by atoms with Gasteiger partial charge in [0, 0.05) is 0 Å². The molecule has 0 aromatic heterocycles. The Balaban J connectivity index is 1.95. The first-order valence-corrected chi connectivity index (χ1v) is 9.00. The predicted molar refractivity (Wildman–Crippen MR) is 97.4 cm³/mol. The lowest BCUT2D eigenvalue weighted by Crippen LogP contribution is -2.07. The van der Waals surface area contributed by atoms with Crippen LogP contribution < -0.4 is 0 Å². The largest absolute Gasteiger partial charge is 0.447 e. The van der Waals surface area contributed by atoms with Crippen molar-refractivity contribution in [2.45, 2.75) is 14.7 Å². The molecular formula is C21H16NO2S+. The molecule has 0 atom stereocenters. The van der Waals surface area contributed by atoms with Crippen molar-refractivity contribution in [3.63, 3.8) is 0 Å². The molecule has 0 aliphatic rings. The van der Waals surface area contributed by atoms with Crippen molar-refractivity contribution in [2.24, 2.45) is 0 Å². The minimum atomic E-state index is -0.479. The lowest BCUT2D eigenvalue weighted by Gasteiger charge is -2.08. The molecule has 0 amide bonds. The van der Waals surface area contributed by atoms with E-state index in [1.807, 2.05) is 48.5 Å². The van der Waals surface area contributed by atoms with Crippen LogP contribution in [0.1, 0.15) is 10.4 Å². The fraction of sp³-hybridized carbons (Fsp3) is 0.0476. The molecule has 122 valence electrons. The quantitative estimate of drug-likeness (QED) is 0.506. The molecule has 0 saturated heterocycles. The Morgan fingerprint density at radius 2 is 1.28 bits per heavy atom. The van der Waals surface area contributed by atoms with Crippen LogP contribution in [0, 0.1) is 11.3 Å². The van der Waals surface area contributed by atoms with Crippen molar-refractivity contribution in [3.8, 4) is 6.07 Å². The Hall–Kier alpha value is -3.03. The highest BCUT2D eigenvalue weighted by Gasteiger charge is 2.28. The van der Waals surface area contributed by atoms with Crippen LogP contribution in [0.4, 0.5) is 0 Å². The Kier molecular flexibility index (Phi) is 5.50. The number of hydrogen-bond acceptors (Lipinski definition) is 3. The highest BCUT2D eigenvalue weighted by Crippen LogP contribution is 2.31. The van der Waals surface area contributed by atoms with Gasteiger partial charge in [-0.1, -0.05) is 36.4 Å². The minimum Gasteiger partial charge on any atom is -0.447 e. The van der Waals surface area contributed by atoms with Crippen molar-refractivity contribution in [2.75, 3.05) is 6.61 Å². The number of nitriles is 1. The van der Waals surface area contributed by atoms with Gasteiger partial charge < -0.3 is 4.74 Å². The van der Waals surface area contributed by atoms with Gasteiger partial charge in [0.2, 0.25) is 0 Å². The molecule has 0 fully saturated rings. The zero-order valence-corrected chi connectivity index (χ0v) is 14.3. The lowest BCUT2D eigenvalue weighted by molar-refractivity contribution is 0.0555. The smallest absolute Gasteiger partial charge is 0.339 e. The first kappa shape index (κ1) is 16.8. The van der Waals surface area contributed by atoms with Gasteiger partial charge >= 0.3 is 5.97 Å². The first-order chi connectivity index (χ1) is 12.3. The van der Waals surface area contributed by atoms with E-state index in [1.54, 1.807) is 18.2 Å². The third-order valence-corrected chi connectivity index (χ3v) is 5.78. The van der Waals surface area contributed by atoms with Crippen LogP contribution in [0.2, 0.25) is 0 Å². The van der Waals surface area contributed by atoms with E-state index in [4.69, 9.17) is 10.00 Å². The molecule has 0 radical (unpaired) electrons. The summed E-state index contributed by atoms with van der Waals surface area (Å²) in [6.07, 6.45) is 0. The highest BCUT2D eigenvalue weighted by atomic mass is 32.2. The molecule has 0 saturated carbocycles. The Morgan fingerprint density at radius 3 is 1.76 bits per heavy atom. The maximum absolute atomic E-state index is 11.9.